The molecule has 2 aliphatic heterocycles. The highest BCUT2D eigenvalue weighted by atomic mass is 16.3. The Labute approximate surface area is 97.4 Å². The van der Waals surface area contributed by atoms with E-state index in [1.807, 2.05) is 0 Å². The standard InChI is InChI=1S/C11H13N3O3/c1-6-2-8-10-13(9(16)3-12-8)4-7(5-15)14(10)11(6)17/h2-3,7,11,15,17H,4-5H2,1H3/t7-,11?/m0/s1. The minimum Gasteiger partial charge on any atom is -0.394 e. The van der Waals surface area contributed by atoms with Crippen LogP contribution in [0.3, 0.4) is 0 Å². The van der Waals surface area contributed by atoms with Crippen molar-refractivity contribution in [3.8, 4) is 0 Å². The van der Waals surface area contributed by atoms with E-state index in [2.05, 4.69) is 4.98 Å². The highest BCUT2D eigenvalue weighted by molar-refractivity contribution is 5.70. The van der Waals surface area contributed by atoms with Crippen LogP contribution in [-0.4, -0.2) is 38.6 Å². The summed E-state index contributed by atoms with van der Waals surface area (Å²) < 4.78 is 1.55. The molecule has 0 fully saturated rings. The highest BCUT2D eigenvalue weighted by Gasteiger charge is 2.38. The summed E-state index contributed by atoms with van der Waals surface area (Å²) in [6.45, 7) is 2.08. The normalized spacial score (nSPS) is 25.8. The van der Waals surface area contributed by atoms with Crippen molar-refractivity contribution in [3.05, 3.63) is 27.8 Å². The number of aromatic nitrogens is 2. The molecule has 0 spiro atoms. The Morgan fingerprint density at radius 3 is 3.06 bits per heavy atom. The summed E-state index contributed by atoms with van der Waals surface area (Å²) in [4.78, 5) is 17.4. The molecule has 6 heteroatoms. The molecule has 1 aromatic heterocycles. The number of aliphatic hydroxyl groups excluding tert-OH is 2. The van der Waals surface area contributed by atoms with Crippen LogP contribution < -0.4 is 10.5 Å². The Bertz CT molecular complexity index is 564. The monoisotopic (exact) mass is 235 g/mol. The van der Waals surface area contributed by atoms with Gasteiger partial charge in [-0.15, -0.1) is 0 Å². The zero-order chi connectivity index (χ0) is 12.2. The lowest BCUT2D eigenvalue weighted by molar-refractivity contribution is 0.171. The fourth-order valence-corrected chi connectivity index (χ4v) is 2.49. The molecular formula is C11H13N3O3. The molecule has 2 N–H and O–H groups in total. The third-order valence-corrected chi connectivity index (χ3v) is 3.34. The molecular weight excluding hydrogens is 222 g/mol. The van der Waals surface area contributed by atoms with Crippen LogP contribution >= 0.6 is 0 Å². The minimum atomic E-state index is -0.794. The quantitative estimate of drug-likeness (QED) is 0.663. The predicted octanol–water partition coefficient (Wildman–Crippen LogP) is -0.841. The van der Waals surface area contributed by atoms with Crippen LogP contribution in [0.15, 0.2) is 16.6 Å². The first-order valence-corrected chi connectivity index (χ1v) is 5.48. The van der Waals surface area contributed by atoms with Gasteiger partial charge in [-0.25, -0.2) is 4.98 Å². The third kappa shape index (κ3) is 1.28. The molecule has 0 saturated carbocycles. The van der Waals surface area contributed by atoms with Gasteiger partial charge in [-0.2, -0.15) is 0 Å². The number of aliphatic hydroxyl groups is 2. The second-order valence-electron chi connectivity index (χ2n) is 4.42. The van der Waals surface area contributed by atoms with Crippen molar-refractivity contribution in [2.45, 2.75) is 25.7 Å². The molecule has 1 aromatic rings. The largest absolute Gasteiger partial charge is 0.394 e. The van der Waals surface area contributed by atoms with E-state index in [1.165, 1.54) is 6.20 Å². The van der Waals surface area contributed by atoms with Crippen LogP contribution in [0, 0.1) is 0 Å². The fraction of sp³-hybridized carbons (Fsp3) is 0.455. The van der Waals surface area contributed by atoms with Gasteiger partial charge in [-0.1, -0.05) is 0 Å². The molecule has 0 saturated heterocycles. The van der Waals surface area contributed by atoms with E-state index in [0.717, 1.165) is 5.57 Å². The number of rotatable bonds is 1. The number of hydrogen-bond donors (Lipinski definition) is 2. The molecule has 6 nitrogen and oxygen atoms in total. The van der Waals surface area contributed by atoms with Crippen molar-refractivity contribution in [1.29, 1.82) is 0 Å². The zero-order valence-electron chi connectivity index (χ0n) is 9.37. The number of nitrogens with zero attached hydrogens (tertiary/aromatic N) is 3. The van der Waals surface area contributed by atoms with Crippen molar-refractivity contribution < 1.29 is 10.2 Å². The first-order valence-electron chi connectivity index (χ1n) is 5.48. The molecule has 0 bridgehead atoms. The zero-order valence-corrected chi connectivity index (χ0v) is 9.37. The van der Waals surface area contributed by atoms with Gasteiger partial charge in [0.05, 0.1) is 25.4 Å². The molecule has 0 aromatic carbocycles. The first-order chi connectivity index (χ1) is 8.13. The van der Waals surface area contributed by atoms with Crippen LogP contribution in [0.25, 0.3) is 6.08 Å². The Morgan fingerprint density at radius 1 is 1.59 bits per heavy atom. The SMILES string of the molecule is CC1=Cc2ncc(=O)n3c2N(C1O)[C@H](CO)C3. The maximum atomic E-state index is 11.7. The summed E-state index contributed by atoms with van der Waals surface area (Å²) in [6.07, 6.45) is 2.25. The van der Waals surface area contributed by atoms with Gasteiger partial charge in [-0.3, -0.25) is 9.36 Å². The molecule has 3 rings (SSSR count). The van der Waals surface area contributed by atoms with Crippen LogP contribution in [0.4, 0.5) is 5.82 Å². The van der Waals surface area contributed by atoms with Gasteiger partial charge < -0.3 is 15.1 Å². The molecule has 0 amide bonds. The van der Waals surface area contributed by atoms with Gasteiger partial charge in [0.25, 0.3) is 5.56 Å². The van der Waals surface area contributed by atoms with Crippen molar-refractivity contribution >= 4 is 11.9 Å². The lowest BCUT2D eigenvalue weighted by Gasteiger charge is -2.33. The molecule has 0 aliphatic carbocycles. The van der Waals surface area contributed by atoms with Crippen LogP contribution in [-0.2, 0) is 6.54 Å². The van der Waals surface area contributed by atoms with Gasteiger partial charge in [0.2, 0.25) is 0 Å². The van der Waals surface area contributed by atoms with Crippen LogP contribution in [0.1, 0.15) is 12.6 Å². The van der Waals surface area contributed by atoms with Crippen molar-refractivity contribution in [3.63, 3.8) is 0 Å². The summed E-state index contributed by atoms with van der Waals surface area (Å²) in [7, 11) is 0. The Hall–Kier alpha value is -1.66. The molecule has 2 aliphatic rings. The second-order valence-corrected chi connectivity index (χ2v) is 4.42. The van der Waals surface area contributed by atoms with E-state index in [1.54, 1.807) is 22.5 Å². The van der Waals surface area contributed by atoms with Gasteiger partial charge in [0.15, 0.2) is 6.23 Å². The van der Waals surface area contributed by atoms with Crippen molar-refractivity contribution in [2.75, 3.05) is 11.5 Å². The average Bonchev–Trinajstić information content (AvgIpc) is 2.71. The van der Waals surface area contributed by atoms with E-state index in [9.17, 15) is 15.0 Å². The smallest absolute Gasteiger partial charge is 0.270 e. The lowest BCUT2D eigenvalue weighted by Crippen LogP contribution is -2.45. The lowest BCUT2D eigenvalue weighted by atomic mass is 10.1. The number of anilines is 1. The molecule has 3 heterocycles. The fourth-order valence-electron chi connectivity index (χ4n) is 2.49. The maximum Gasteiger partial charge on any atom is 0.270 e. The summed E-state index contributed by atoms with van der Waals surface area (Å²) in [5, 5.41) is 19.5. The summed E-state index contributed by atoms with van der Waals surface area (Å²) in [5.74, 6) is 0.606. The summed E-state index contributed by atoms with van der Waals surface area (Å²) in [5.41, 5.74) is 1.23. The predicted molar refractivity (Wildman–Crippen MR) is 61.5 cm³/mol. The summed E-state index contributed by atoms with van der Waals surface area (Å²) in [6, 6.07) is -0.274. The van der Waals surface area contributed by atoms with E-state index < -0.39 is 6.23 Å². The van der Waals surface area contributed by atoms with Gasteiger partial charge in [0, 0.05) is 0 Å². The second kappa shape index (κ2) is 3.41. The third-order valence-electron chi connectivity index (χ3n) is 3.34. The minimum absolute atomic E-state index is 0.106. The molecule has 0 radical (unpaired) electrons. The Morgan fingerprint density at radius 2 is 2.35 bits per heavy atom. The summed E-state index contributed by atoms with van der Waals surface area (Å²) >= 11 is 0. The highest BCUT2D eigenvalue weighted by Crippen LogP contribution is 2.35. The van der Waals surface area contributed by atoms with Crippen LogP contribution in [0.5, 0.6) is 0 Å². The van der Waals surface area contributed by atoms with E-state index in [0.29, 0.717) is 18.1 Å². The Balaban J connectivity index is 2.27. The average molecular weight is 235 g/mol. The molecule has 17 heavy (non-hydrogen) atoms. The maximum absolute atomic E-state index is 11.7. The van der Waals surface area contributed by atoms with E-state index >= 15 is 0 Å². The van der Waals surface area contributed by atoms with E-state index in [-0.39, 0.29) is 18.2 Å². The first kappa shape index (κ1) is 10.5. The van der Waals surface area contributed by atoms with Gasteiger partial charge in [-0.05, 0) is 18.6 Å². The molecule has 90 valence electrons. The van der Waals surface area contributed by atoms with Crippen molar-refractivity contribution in [1.82, 2.24) is 9.55 Å². The molecule has 2 atom stereocenters. The number of hydrogen-bond acceptors (Lipinski definition) is 5. The van der Waals surface area contributed by atoms with E-state index in [4.69, 9.17) is 0 Å². The van der Waals surface area contributed by atoms with Gasteiger partial charge in [0.1, 0.15) is 11.5 Å². The van der Waals surface area contributed by atoms with Crippen molar-refractivity contribution in [2.24, 2.45) is 0 Å². The topological polar surface area (TPSA) is 78.6 Å². The Kier molecular flexibility index (Phi) is 2.11. The molecule has 1 unspecified atom stereocenters. The van der Waals surface area contributed by atoms with Gasteiger partial charge >= 0.3 is 0 Å². The van der Waals surface area contributed by atoms with Crippen LogP contribution in [0.2, 0.25) is 0 Å².